The fourth-order valence-corrected chi connectivity index (χ4v) is 3.90. The Morgan fingerprint density at radius 2 is 1.83 bits per heavy atom. The molecule has 0 bridgehead atoms. The van der Waals surface area contributed by atoms with Gasteiger partial charge in [0, 0.05) is 62.1 Å². The number of pyridine rings is 1. The first kappa shape index (κ1) is 29.6. The highest BCUT2D eigenvalue weighted by molar-refractivity contribution is 6.16. The number of para-hydroxylation sites is 1. The van der Waals surface area contributed by atoms with Gasteiger partial charge in [0.25, 0.3) is 5.91 Å². The second kappa shape index (κ2) is 12.9. The number of hydrogen-bond donors (Lipinski definition) is 1. The highest BCUT2D eigenvalue weighted by atomic mass is 19.1. The zero-order valence-corrected chi connectivity index (χ0v) is 23.3. The van der Waals surface area contributed by atoms with Gasteiger partial charge in [0.15, 0.2) is 17.9 Å². The quantitative estimate of drug-likeness (QED) is 0.122. The SMILES string of the molecule is CC(C)N(/C=C(\C=O)C(=O)Nc1ccc(Oc2ccnc(-c3cnn(C)c3)c2)c(F)c1)C(=O)N(C)c1ccccc1F. The summed E-state index contributed by atoms with van der Waals surface area (Å²) in [6, 6.07) is 11.5. The number of carbonyl (C=O) groups is 3. The van der Waals surface area contributed by atoms with Gasteiger partial charge in [-0.25, -0.2) is 13.6 Å². The van der Waals surface area contributed by atoms with Crippen LogP contribution in [0.2, 0.25) is 0 Å². The normalized spacial score (nSPS) is 11.3. The van der Waals surface area contributed by atoms with Crippen molar-refractivity contribution in [2.45, 2.75) is 19.9 Å². The average Bonchev–Trinajstić information content (AvgIpc) is 3.41. The number of ether oxygens (including phenoxy) is 1. The number of nitrogens with zero attached hydrogens (tertiary/aromatic N) is 5. The van der Waals surface area contributed by atoms with Crippen LogP contribution in [0.1, 0.15) is 13.8 Å². The van der Waals surface area contributed by atoms with Gasteiger partial charge < -0.3 is 10.1 Å². The number of halogens is 2. The third-order valence-electron chi connectivity index (χ3n) is 6.09. The van der Waals surface area contributed by atoms with E-state index in [0.29, 0.717) is 11.4 Å². The Morgan fingerprint density at radius 3 is 2.48 bits per heavy atom. The number of rotatable bonds is 9. The van der Waals surface area contributed by atoms with Crippen LogP contribution in [0.3, 0.4) is 0 Å². The third-order valence-corrected chi connectivity index (χ3v) is 6.09. The van der Waals surface area contributed by atoms with Gasteiger partial charge in [-0.05, 0) is 44.2 Å². The summed E-state index contributed by atoms with van der Waals surface area (Å²) >= 11 is 0. The minimum absolute atomic E-state index is 0.0245. The highest BCUT2D eigenvalue weighted by Crippen LogP contribution is 2.29. The largest absolute Gasteiger partial charge is 0.454 e. The Kier molecular flexibility index (Phi) is 9.05. The molecule has 12 heteroatoms. The van der Waals surface area contributed by atoms with E-state index in [4.69, 9.17) is 4.74 Å². The molecule has 0 spiro atoms. The van der Waals surface area contributed by atoms with E-state index < -0.39 is 35.2 Å². The van der Waals surface area contributed by atoms with E-state index in [1.54, 1.807) is 56.2 Å². The predicted octanol–water partition coefficient (Wildman–Crippen LogP) is 5.54. The second-order valence-electron chi connectivity index (χ2n) is 9.48. The van der Waals surface area contributed by atoms with Crippen LogP contribution in [-0.4, -0.2) is 51.0 Å². The zero-order valence-electron chi connectivity index (χ0n) is 23.3. The molecule has 4 aromatic rings. The molecule has 0 radical (unpaired) electrons. The maximum Gasteiger partial charge on any atom is 0.328 e. The molecule has 0 saturated carbocycles. The monoisotopic (exact) mass is 574 g/mol. The number of amides is 3. The highest BCUT2D eigenvalue weighted by Gasteiger charge is 2.24. The lowest BCUT2D eigenvalue weighted by Gasteiger charge is -2.29. The number of aromatic nitrogens is 3. The molecule has 2 aromatic heterocycles. The van der Waals surface area contributed by atoms with Gasteiger partial charge in [-0.3, -0.25) is 29.1 Å². The van der Waals surface area contributed by atoms with Crippen LogP contribution >= 0.6 is 0 Å². The predicted molar refractivity (Wildman–Crippen MR) is 153 cm³/mol. The van der Waals surface area contributed by atoms with Crippen molar-refractivity contribution in [3.63, 3.8) is 0 Å². The lowest BCUT2D eigenvalue weighted by Crippen LogP contribution is -2.42. The summed E-state index contributed by atoms with van der Waals surface area (Å²) in [5.74, 6) is -2.02. The van der Waals surface area contributed by atoms with Crippen LogP contribution in [0.15, 0.2) is 85.0 Å². The number of urea groups is 1. The van der Waals surface area contributed by atoms with Crippen molar-refractivity contribution in [2.24, 2.45) is 7.05 Å². The molecule has 2 heterocycles. The molecule has 3 amide bonds. The summed E-state index contributed by atoms with van der Waals surface area (Å²) in [7, 11) is 3.16. The van der Waals surface area contributed by atoms with Gasteiger partial charge in [-0.15, -0.1) is 0 Å². The molecule has 0 aliphatic carbocycles. The Balaban J connectivity index is 1.48. The molecule has 10 nitrogen and oxygen atoms in total. The average molecular weight is 575 g/mol. The molecule has 0 aliphatic heterocycles. The van der Waals surface area contributed by atoms with E-state index in [9.17, 15) is 23.2 Å². The first-order valence-electron chi connectivity index (χ1n) is 12.8. The molecule has 2 aromatic carbocycles. The number of nitrogens with one attached hydrogen (secondary N) is 1. The summed E-state index contributed by atoms with van der Waals surface area (Å²) in [6.45, 7) is 3.33. The maximum absolute atomic E-state index is 14.9. The molecule has 4 rings (SSSR count). The number of carbonyl (C=O) groups excluding carboxylic acids is 3. The van der Waals surface area contributed by atoms with Crippen molar-refractivity contribution in [1.82, 2.24) is 19.7 Å². The van der Waals surface area contributed by atoms with Gasteiger partial charge in [-0.2, -0.15) is 5.10 Å². The number of anilines is 2. The topological polar surface area (TPSA) is 110 Å². The summed E-state index contributed by atoms with van der Waals surface area (Å²) < 4.78 is 36.5. The molecule has 0 aliphatic rings. The van der Waals surface area contributed by atoms with E-state index in [1.165, 1.54) is 43.6 Å². The van der Waals surface area contributed by atoms with Crippen molar-refractivity contribution >= 4 is 29.6 Å². The van der Waals surface area contributed by atoms with Crippen molar-refractivity contribution in [3.8, 4) is 22.8 Å². The first-order valence-corrected chi connectivity index (χ1v) is 12.8. The minimum atomic E-state index is -0.875. The summed E-state index contributed by atoms with van der Waals surface area (Å²) in [4.78, 5) is 44.3. The third kappa shape index (κ3) is 6.84. The Bertz CT molecular complexity index is 1650. The lowest BCUT2D eigenvalue weighted by molar-refractivity contribution is -0.115. The van der Waals surface area contributed by atoms with Gasteiger partial charge in [-0.1, -0.05) is 12.1 Å². The first-order chi connectivity index (χ1) is 20.1. The van der Waals surface area contributed by atoms with Crippen LogP contribution in [0.5, 0.6) is 11.5 Å². The Morgan fingerprint density at radius 1 is 1.07 bits per heavy atom. The fourth-order valence-electron chi connectivity index (χ4n) is 3.90. The molecular formula is C30H28F2N6O4. The molecule has 0 unspecified atom stereocenters. The molecule has 1 N–H and O–H groups in total. The van der Waals surface area contributed by atoms with Crippen LogP contribution in [-0.2, 0) is 16.6 Å². The minimum Gasteiger partial charge on any atom is -0.454 e. The zero-order chi connectivity index (χ0) is 30.4. The Labute approximate surface area is 240 Å². The van der Waals surface area contributed by atoms with Crippen molar-refractivity contribution in [1.29, 1.82) is 0 Å². The lowest BCUT2D eigenvalue weighted by atomic mass is 10.2. The van der Waals surface area contributed by atoms with Gasteiger partial charge in [0.05, 0.1) is 23.2 Å². The summed E-state index contributed by atoms with van der Waals surface area (Å²) in [5, 5.41) is 6.56. The van der Waals surface area contributed by atoms with Crippen LogP contribution in [0.4, 0.5) is 25.0 Å². The van der Waals surface area contributed by atoms with Crippen LogP contribution in [0, 0.1) is 11.6 Å². The molecule has 216 valence electrons. The Hall–Kier alpha value is -5.39. The van der Waals surface area contributed by atoms with Crippen molar-refractivity contribution in [2.75, 3.05) is 17.3 Å². The van der Waals surface area contributed by atoms with Crippen molar-refractivity contribution in [3.05, 3.63) is 96.6 Å². The maximum atomic E-state index is 14.9. The number of hydrogen-bond acceptors (Lipinski definition) is 6. The van der Waals surface area contributed by atoms with Crippen LogP contribution in [0.25, 0.3) is 11.3 Å². The molecule has 0 atom stereocenters. The molecule has 0 saturated heterocycles. The van der Waals surface area contributed by atoms with E-state index in [0.717, 1.165) is 27.6 Å². The van der Waals surface area contributed by atoms with Gasteiger partial charge in [0.1, 0.15) is 11.6 Å². The summed E-state index contributed by atoms with van der Waals surface area (Å²) in [6.07, 6.45) is 6.30. The van der Waals surface area contributed by atoms with E-state index in [-0.39, 0.29) is 23.4 Å². The number of aryl methyl sites for hydroxylation is 1. The number of aldehydes is 1. The van der Waals surface area contributed by atoms with E-state index in [1.807, 2.05) is 0 Å². The fraction of sp³-hybridized carbons (Fsp3) is 0.167. The number of benzene rings is 2. The standard InChI is InChI=1S/C30H28F2N6O4/c1-19(2)38(30(41)37(4)27-8-6-5-7-24(27)31)17-21(18-39)29(40)35-22-9-10-28(25(32)13-22)42-23-11-12-33-26(14-23)20-15-34-36(3)16-20/h5-19H,1-4H3,(H,35,40)/b21-17+. The van der Waals surface area contributed by atoms with Crippen LogP contribution < -0.4 is 15.0 Å². The smallest absolute Gasteiger partial charge is 0.328 e. The molecule has 42 heavy (non-hydrogen) atoms. The van der Waals surface area contributed by atoms with Gasteiger partial charge >= 0.3 is 6.03 Å². The molecular weight excluding hydrogens is 546 g/mol. The van der Waals surface area contributed by atoms with Gasteiger partial charge in [0.2, 0.25) is 0 Å². The van der Waals surface area contributed by atoms with E-state index >= 15 is 0 Å². The molecule has 0 fully saturated rings. The second-order valence-corrected chi connectivity index (χ2v) is 9.48. The van der Waals surface area contributed by atoms with Crippen molar-refractivity contribution < 1.29 is 27.9 Å². The summed E-state index contributed by atoms with van der Waals surface area (Å²) in [5.41, 5.74) is 1.02. The van der Waals surface area contributed by atoms with E-state index in [2.05, 4.69) is 15.4 Å².